The maximum absolute atomic E-state index is 12.5. The van der Waals surface area contributed by atoms with Gasteiger partial charge in [0.05, 0.1) is 12.7 Å². The van der Waals surface area contributed by atoms with Crippen LogP contribution in [0.25, 0.3) is 0 Å². The van der Waals surface area contributed by atoms with Crippen molar-refractivity contribution in [3.8, 4) is 0 Å². The van der Waals surface area contributed by atoms with Gasteiger partial charge >= 0.3 is 12.2 Å². The lowest BCUT2D eigenvalue weighted by molar-refractivity contribution is 0.0237. The van der Waals surface area contributed by atoms with Gasteiger partial charge in [-0.05, 0) is 129 Å². The summed E-state index contributed by atoms with van der Waals surface area (Å²) in [4.78, 5) is 24.4. The Hall–Kier alpha value is -1.54. The molecule has 0 radical (unpaired) electrons. The molecule has 2 aliphatic carbocycles. The van der Waals surface area contributed by atoms with Crippen molar-refractivity contribution in [3.05, 3.63) is 0 Å². The molecule has 0 bridgehead atoms. The van der Waals surface area contributed by atoms with Gasteiger partial charge in [0.2, 0.25) is 0 Å². The van der Waals surface area contributed by atoms with Gasteiger partial charge in [-0.15, -0.1) is 0 Å². The Labute approximate surface area is 225 Å². The van der Waals surface area contributed by atoms with E-state index >= 15 is 0 Å². The summed E-state index contributed by atoms with van der Waals surface area (Å²) in [7, 11) is 0. The molecule has 0 saturated heterocycles. The number of rotatable bonds is 15. The van der Waals surface area contributed by atoms with Gasteiger partial charge in [0.1, 0.15) is 5.60 Å². The summed E-state index contributed by atoms with van der Waals surface area (Å²) >= 11 is 0. The predicted octanol–water partition coefficient (Wildman–Crippen LogP) is 6.09. The molecule has 216 valence electrons. The van der Waals surface area contributed by atoms with Crippen LogP contribution in [0.2, 0.25) is 0 Å². The van der Waals surface area contributed by atoms with Crippen LogP contribution in [0.1, 0.15) is 118 Å². The molecule has 0 aromatic rings. The molecule has 37 heavy (non-hydrogen) atoms. The molecule has 0 aromatic carbocycles. The molecular weight excluding hydrogens is 472 g/mol. The lowest BCUT2D eigenvalue weighted by atomic mass is 9.76. The molecule has 8 heteroatoms. The Balaban J connectivity index is 1.55. The van der Waals surface area contributed by atoms with Crippen molar-refractivity contribution in [1.82, 2.24) is 10.6 Å². The first-order valence-corrected chi connectivity index (χ1v) is 14.8. The van der Waals surface area contributed by atoms with Gasteiger partial charge in [0.15, 0.2) is 0 Å². The Morgan fingerprint density at radius 1 is 0.811 bits per heavy atom. The molecule has 0 heterocycles. The lowest BCUT2D eigenvalue weighted by Gasteiger charge is -2.34. The SMILES string of the molecule is CC(C)OCCCCC(C)(C)OC(=O)NC1CCC(CC2CCC(NC(=O)OCCCCO)CC2)CC1. The molecule has 3 N–H and O–H groups in total. The van der Waals surface area contributed by atoms with Crippen molar-refractivity contribution >= 4 is 12.2 Å². The largest absolute Gasteiger partial charge is 0.450 e. The van der Waals surface area contributed by atoms with Crippen LogP contribution in [0.4, 0.5) is 9.59 Å². The van der Waals surface area contributed by atoms with Crippen LogP contribution in [0.15, 0.2) is 0 Å². The van der Waals surface area contributed by atoms with Crippen LogP contribution in [-0.2, 0) is 14.2 Å². The van der Waals surface area contributed by atoms with Gasteiger partial charge in [-0.3, -0.25) is 0 Å². The molecular formula is C29H54N2O6. The molecule has 0 aromatic heterocycles. The Morgan fingerprint density at radius 3 is 1.89 bits per heavy atom. The first-order chi connectivity index (χ1) is 17.7. The third-order valence-electron chi connectivity index (χ3n) is 7.78. The first-order valence-electron chi connectivity index (χ1n) is 14.8. The molecule has 0 spiro atoms. The van der Waals surface area contributed by atoms with Crippen LogP contribution in [-0.4, -0.2) is 60.9 Å². The molecule has 2 amide bonds. The monoisotopic (exact) mass is 526 g/mol. The Morgan fingerprint density at radius 2 is 1.35 bits per heavy atom. The van der Waals surface area contributed by atoms with E-state index in [1.807, 2.05) is 27.7 Å². The van der Waals surface area contributed by atoms with Gasteiger partial charge in [0.25, 0.3) is 0 Å². The summed E-state index contributed by atoms with van der Waals surface area (Å²) in [5.41, 5.74) is -0.469. The highest BCUT2D eigenvalue weighted by atomic mass is 16.6. The van der Waals surface area contributed by atoms with Crippen molar-refractivity contribution in [2.24, 2.45) is 11.8 Å². The second-order valence-electron chi connectivity index (χ2n) is 12.1. The fourth-order valence-electron chi connectivity index (χ4n) is 5.61. The summed E-state index contributed by atoms with van der Waals surface area (Å²) in [6.45, 7) is 9.30. The second kappa shape index (κ2) is 17.1. The lowest BCUT2D eigenvalue weighted by Crippen LogP contribution is -2.42. The van der Waals surface area contributed by atoms with E-state index in [0.717, 1.165) is 89.1 Å². The van der Waals surface area contributed by atoms with E-state index in [9.17, 15) is 9.59 Å². The van der Waals surface area contributed by atoms with Crippen LogP contribution in [0.3, 0.4) is 0 Å². The van der Waals surface area contributed by atoms with E-state index in [-0.39, 0.29) is 37.0 Å². The molecule has 8 nitrogen and oxygen atoms in total. The number of carbonyl (C=O) groups is 2. The number of ether oxygens (including phenoxy) is 3. The number of amides is 2. The number of nitrogens with one attached hydrogen (secondary N) is 2. The maximum atomic E-state index is 12.5. The third kappa shape index (κ3) is 14.3. The Kier molecular flexibility index (Phi) is 14.7. The number of aliphatic hydroxyl groups is 1. The quantitative estimate of drug-likeness (QED) is 0.223. The van der Waals surface area contributed by atoms with Gasteiger partial charge in [-0.2, -0.15) is 0 Å². The third-order valence-corrected chi connectivity index (χ3v) is 7.78. The molecule has 2 saturated carbocycles. The number of alkyl carbamates (subject to hydrolysis) is 2. The van der Waals surface area contributed by atoms with Crippen LogP contribution >= 0.6 is 0 Å². The standard InChI is InChI=1S/C29H54N2O6/c1-22(2)35-19-7-5-17-29(3,4)37-28(34)31-26-15-11-24(12-16-26)21-23-9-13-25(14-10-23)30-27(33)36-20-8-6-18-32/h22-26,32H,5-21H2,1-4H3,(H,30,33)(H,31,34). The summed E-state index contributed by atoms with van der Waals surface area (Å²) in [6, 6.07) is 0.424. The summed E-state index contributed by atoms with van der Waals surface area (Å²) in [5.74, 6) is 1.45. The first kappa shape index (κ1) is 31.7. The molecule has 0 unspecified atom stereocenters. The van der Waals surface area contributed by atoms with E-state index in [2.05, 4.69) is 10.6 Å². The van der Waals surface area contributed by atoms with Gasteiger partial charge in [-0.1, -0.05) is 0 Å². The fraction of sp³-hybridized carbons (Fsp3) is 0.931. The summed E-state index contributed by atoms with van der Waals surface area (Å²) in [5, 5.41) is 14.9. The zero-order valence-electron chi connectivity index (χ0n) is 23.9. The second-order valence-corrected chi connectivity index (χ2v) is 12.1. The van der Waals surface area contributed by atoms with Crippen molar-refractivity contribution in [1.29, 1.82) is 0 Å². The van der Waals surface area contributed by atoms with Crippen LogP contribution in [0, 0.1) is 11.8 Å². The minimum absolute atomic E-state index is 0.133. The van der Waals surface area contributed by atoms with E-state index in [1.165, 1.54) is 6.42 Å². The average molecular weight is 527 g/mol. The normalized spacial score (nSPS) is 24.5. The maximum Gasteiger partial charge on any atom is 0.407 e. The van der Waals surface area contributed by atoms with Gasteiger partial charge in [0, 0.05) is 25.3 Å². The van der Waals surface area contributed by atoms with Crippen molar-refractivity contribution in [2.45, 2.75) is 141 Å². The highest BCUT2D eigenvalue weighted by Crippen LogP contribution is 2.35. The fourth-order valence-corrected chi connectivity index (χ4v) is 5.61. The highest BCUT2D eigenvalue weighted by molar-refractivity contribution is 5.68. The predicted molar refractivity (Wildman–Crippen MR) is 146 cm³/mol. The summed E-state index contributed by atoms with van der Waals surface area (Å²) in [6.07, 6.45) is 13.7. The van der Waals surface area contributed by atoms with E-state index in [1.54, 1.807) is 0 Å². The number of aliphatic hydroxyl groups excluding tert-OH is 1. The smallest absolute Gasteiger partial charge is 0.407 e. The molecule has 2 aliphatic rings. The number of hydrogen-bond acceptors (Lipinski definition) is 6. The number of unbranched alkanes of at least 4 members (excludes halogenated alkanes) is 2. The van der Waals surface area contributed by atoms with E-state index < -0.39 is 5.60 Å². The molecule has 2 rings (SSSR count). The average Bonchev–Trinajstić information content (AvgIpc) is 2.83. The molecule has 0 aliphatic heterocycles. The Bertz CT molecular complexity index is 640. The summed E-state index contributed by atoms with van der Waals surface area (Å²) < 4.78 is 16.5. The van der Waals surface area contributed by atoms with Gasteiger partial charge < -0.3 is 30.0 Å². The molecule has 2 fully saturated rings. The highest BCUT2D eigenvalue weighted by Gasteiger charge is 2.29. The van der Waals surface area contributed by atoms with E-state index in [0.29, 0.717) is 19.4 Å². The zero-order valence-corrected chi connectivity index (χ0v) is 23.9. The molecule has 0 atom stereocenters. The topological polar surface area (TPSA) is 106 Å². The van der Waals surface area contributed by atoms with Crippen molar-refractivity contribution < 1.29 is 28.9 Å². The van der Waals surface area contributed by atoms with Crippen LogP contribution in [0.5, 0.6) is 0 Å². The number of hydrogen-bond donors (Lipinski definition) is 3. The minimum atomic E-state index is -0.469. The zero-order chi connectivity index (χ0) is 27.1. The minimum Gasteiger partial charge on any atom is -0.450 e. The van der Waals surface area contributed by atoms with Crippen molar-refractivity contribution in [2.75, 3.05) is 19.8 Å². The van der Waals surface area contributed by atoms with Crippen molar-refractivity contribution in [3.63, 3.8) is 0 Å². The van der Waals surface area contributed by atoms with E-state index in [4.69, 9.17) is 19.3 Å². The van der Waals surface area contributed by atoms with Crippen LogP contribution < -0.4 is 10.6 Å². The number of carbonyl (C=O) groups excluding carboxylic acids is 2. The van der Waals surface area contributed by atoms with Gasteiger partial charge in [-0.25, -0.2) is 9.59 Å².